The summed E-state index contributed by atoms with van der Waals surface area (Å²) >= 11 is 4.86. The van der Waals surface area contributed by atoms with Gasteiger partial charge in [-0.25, -0.2) is 0 Å². The summed E-state index contributed by atoms with van der Waals surface area (Å²) in [5.74, 6) is -6.73. The van der Waals surface area contributed by atoms with Gasteiger partial charge in [0.1, 0.15) is 22.8 Å². The standard InChI is InChI=1S/C20H19N3O7S/c21-18(29)14-11(25)5-7-3-6-4-8-9(23-19(22)31)1-2-10(24)13(8)15(26)12(6)16(27)20(7,30)17(14)28/h1-2,6-7,24,26,28,30H,3-5H2,(H2,21,29)(H3,22,23,31). The molecular weight excluding hydrogens is 426 g/mol. The molecule has 10 nitrogen and oxygen atoms in total. The average Bonchev–Trinajstić information content (AvgIpc) is 2.66. The molecule has 0 radical (unpaired) electrons. The minimum absolute atomic E-state index is 0.0339. The molecule has 0 heterocycles. The number of hydrogen-bond acceptors (Lipinski definition) is 8. The van der Waals surface area contributed by atoms with Crippen LogP contribution in [0.25, 0.3) is 5.76 Å². The molecule has 11 heteroatoms. The summed E-state index contributed by atoms with van der Waals surface area (Å²) in [5.41, 5.74) is 7.93. The zero-order valence-electron chi connectivity index (χ0n) is 16.0. The second kappa shape index (κ2) is 6.79. The molecule has 0 bridgehead atoms. The van der Waals surface area contributed by atoms with E-state index in [1.54, 1.807) is 0 Å². The summed E-state index contributed by atoms with van der Waals surface area (Å²) in [6.07, 6.45) is -0.168. The van der Waals surface area contributed by atoms with Crippen LogP contribution in [0, 0.1) is 11.8 Å². The van der Waals surface area contributed by atoms with Crippen LogP contribution in [-0.4, -0.2) is 48.6 Å². The first-order valence-electron chi connectivity index (χ1n) is 9.37. The molecule has 9 N–H and O–H groups in total. The van der Waals surface area contributed by atoms with E-state index >= 15 is 0 Å². The zero-order chi connectivity index (χ0) is 22.8. The Balaban J connectivity index is 1.92. The number of aliphatic hydroxyl groups excluding tert-OH is 2. The van der Waals surface area contributed by atoms with Crippen LogP contribution in [0.5, 0.6) is 5.75 Å². The number of carbonyl (C=O) groups excluding carboxylic acids is 3. The Morgan fingerprint density at radius 1 is 1.16 bits per heavy atom. The maximum Gasteiger partial charge on any atom is 0.255 e. The Kier molecular flexibility index (Phi) is 4.56. The lowest BCUT2D eigenvalue weighted by Crippen LogP contribution is -2.58. The predicted molar refractivity (Wildman–Crippen MR) is 112 cm³/mol. The molecule has 3 aliphatic carbocycles. The number of benzene rings is 1. The van der Waals surface area contributed by atoms with Crippen LogP contribution in [0.1, 0.15) is 24.0 Å². The number of primary amides is 1. The minimum Gasteiger partial charge on any atom is -0.508 e. The largest absolute Gasteiger partial charge is 0.508 e. The van der Waals surface area contributed by atoms with Crippen molar-refractivity contribution < 1.29 is 34.8 Å². The van der Waals surface area contributed by atoms with Gasteiger partial charge in [-0.2, -0.15) is 0 Å². The molecule has 0 aromatic heterocycles. The van der Waals surface area contributed by atoms with Gasteiger partial charge in [-0.05, 0) is 48.7 Å². The Bertz CT molecular complexity index is 1160. The maximum absolute atomic E-state index is 13.3. The van der Waals surface area contributed by atoms with Gasteiger partial charge < -0.3 is 37.2 Å². The summed E-state index contributed by atoms with van der Waals surface area (Å²) in [7, 11) is 0. The topological polar surface area (TPSA) is 196 Å². The SMILES string of the molecule is NC(=O)C1=C(O)C2(O)C(=O)C3=C(O)c4c(O)ccc(NC(N)=S)c4CC3CC2CC1=O. The van der Waals surface area contributed by atoms with Crippen molar-refractivity contribution in [3.63, 3.8) is 0 Å². The quantitative estimate of drug-likeness (QED) is 0.186. The van der Waals surface area contributed by atoms with Crippen LogP contribution < -0.4 is 16.8 Å². The van der Waals surface area contributed by atoms with Crippen molar-refractivity contribution in [2.45, 2.75) is 24.9 Å². The van der Waals surface area contributed by atoms with Gasteiger partial charge in [-0.1, -0.05) is 0 Å². The lowest BCUT2D eigenvalue weighted by Gasteiger charge is -2.46. The van der Waals surface area contributed by atoms with E-state index in [1.807, 2.05) is 0 Å². The molecule has 1 fully saturated rings. The van der Waals surface area contributed by atoms with Crippen molar-refractivity contribution in [2.75, 3.05) is 5.32 Å². The van der Waals surface area contributed by atoms with Crippen molar-refractivity contribution in [2.24, 2.45) is 23.3 Å². The lowest BCUT2D eigenvalue weighted by atomic mass is 9.59. The third-order valence-corrected chi connectivity index (χ3v) is 6.31. The first kappa shape index (κ1) is 20.8. The molecule has 1 amide bonds. The smallest absolute Gasteiger partial charge is 0.255 e. The minimum atomic E-state index is -2.58. The molecule has 0 aliphatic heterocycles. The van der Waals surface area contributed by atoms with Crippen molar-refractivity contribution in [3.8, 4) is 5.75 Å². The highest BCUT2D eigenvalue weighted by Gasteiger charge is 2.60. The normalized spacial score (nSPS) is 27.4. The van der Waals surface area contributed by atoms with E-state index in [9.17, 15) is 34.8 Å². The molecule has 4 rings (SSSR count). The van der Waals surface area contributed by atoms with Crippen molar-refractivity contribution >= 4 is 46.3 Å². The van der Waals surface area contributed by atoms with E-state index in [0.29, 0.717) is 11.3 Å². The number of phenols is 1. The monoisotopic (exact) mass is 445 g/mol. The van der Waals surface area contributed by atoms with Gasteiger partial charge in [0, 0.05) is 23.6 Å². The molecular formula is C20H19N3O7S. The molecule has 3 aliphatic rings. The highest BCUT2D eigenvalue weighted by molar-refractivity contribution is 7.80. The van der Waals surface area contributed by atoms with Crippen molar-refractivity contribution in [3.05, 3.63) is 40.2 Å². The van der Waals surface area contributed by atoms with Gasteiger partial charge in [0.25, 0.3) is 5.91 Å². The van der Waals surface area contributed by atoms with E-state index in [0.717, 1.165) is 0 Å². The first-order chi connectivity index (χ1) is 14.5. The van der Waals surface area contributed by atoms with E-state index in [1.165, 1.54) is 12.1 Å². The second-order valence-electron chi connectivity index (χ2n) is 7.88. The highest BCUT2D eigenvalue weighted by Crippen LogP contribution is 2.52. The molecule has 31 heavy (non-hydrogen) atoms. The Morgan fingerprint density at radius 2 is 1.84 bits per heavy atom. The number of ketones is 2. The number of Topliss-reactive ketones (excluding diaryl/α,β-unsaturated/α-hetero) is 2. The van der Waals surface area contributed by atoms with Crippen LogP contribution in [0.2, 0.25) is 0 Å². The Hall–Kier alpha value is -3.44. The molecule has 1 aromatic carbocycles. The van der Waals surface area contributed by atoms with E-state index in [4.69, 9.17) is 23.7 Å². The van der Waals surface area contributed by atoms with Gasteiger partial charge >= 0.3 is 0 Å². The highest BCUT2D eigenvalue weighted by atomic mass is 32.1. The number of fused-ring (bicyclic) bond motifs is 3. The zero-order valence-corrected chi connectivity index (χ0v) is 16.8. The molecule has 1 saturated carbocycles. The summed E-state index contributed by atoms with van der Waals surface area (Å²) in [6.45, 7) is 0. The van der Waals surface area contributed by atoms with Gasteiger partial charge in [-0.15, -0.1) is 0 Å². The van der Waals surface area contributed by atoms with Crippen LogP contribution >= 0.6 is 12.2 Å². The number of aliphatic hydroxyl groups is 3. The van der Waals surface area contributed by atoms with Crippen molar-refractivity contribution in [1.29, 1.82) is 0 Å². The Labute approximate surface area is 180 Å². The Morgan fingerprint density at radius 3 is 2.45 bits per heavy atom. The van der Waals surface area contributed by atoms with Crippen LogP contribution in [0.15, 0.2) is 29.0 Å². The van der Waals surface area contributed by atoms with Crippen molar-refractivity contribution in [1.82, 2.24) is 0 Å². The fourth-order valence-corrected chi connectivity index (χ4v) is 4.98. The van der Waals surface area contributed by atoms with Gasteiger partial charge in [0.15, 0.2) is 16.5 Å². The molecule has 162 valence electrons. The van der Waals surface area contributed by atoms with E-state index in [-0.39, 0.29) is 41.3 Å². The van der Waals surface area contributed by atoms with Crippen LogP contribution in [0.4, 0.5) is 5.69 Å². The number of nitrogens with two attached hydrogens (primary N) is 2. The van der Waals surface area contributed by atoms with Gasteiger partial charge in [0.2, 0.25) is 5.78 Å². The fourth-order valence-electron chi connectivity index (χ4n) is 4.87. The lowest BCUT2D eigenvalue weighted by molar-refractivity contribution is -0.147. The first-order valence-corrected chi connectivity index (χ1v) is 9.77. The number of amides is 1. The number of thiocarbonyl (C=S) groups is 1. The number of hydrogen-bond donors (Lipinski definition) is 7. The third kappa shape index (κ3) is 2.81. The fraction of sp³-hybridized carbons (Fsp3) is 0.300. The third-order valence-electron chi connectivity index (χ3n) is 6.20. The number of aromatic hydroxyl groups is 1. The van der Waals surface area contributed by atoms with Crippen LogP contribution in [0.3, 0.4) is 0 Å². The summed E-state index contributed by atoms with van der Waals surface area (Å²) in [4.78, 5) is 37.3. The number of phenolic OH excluding ortho intramolecular Hbond substituents is 1. The maximum atomic E-state index is 13.3. The van der Waals surface area contributed by atoms with E-state index < -0.39 is 52.0 Å². The molecule has 0 saturated heterocycles. The van der Waals surface area contributed by atoms with Crippen LogP contribution in [-0.2, 0) is 20.8 Å². The summed E-state index contributed by atoms with van der Waals surface area (Å²) in [6, 6.07) is 2.80. The average molecular weight is 445 g/mol. The van der Waals surface area contributed by atoms with E-state index in [2.05, 4.69) is 5.32 Å². The summed E-state index contributed by atoms with van der Waals surface area (Å²) < 4.78 is 0. The predicted octanol–water partition coefficient (Wildman–Crippen LogP) is 0.0794. The molecule has 3 atom stereocenters. The van der Waals surface area contributed by atoms with Gasteiger partial charge in [-0.3, -0.25) is 14.4 Å². The number of nitrogens with one attached hydrogen (secondary N) is 1. The number of anilines is 1. The molecule has 3 unspecified atom stereocenters. The summed E-state index contributed by atoms with van der Waals surface area (Å²) in [5, 5.41) is 45.6. The molecule has 0 spiro atoms. The molecule has 1 aromatic rings. The number of carbonyl (C=O) groups is 3. The second-order valence-corrected chi connectivity index (χ2v) is 8.32. The number of rotatable bonds is 2. The van der Waals surface area contributed by atoms with Gasteiger partial charge in [0.05, 0.1) is 5.56 Å².